The molecule has 3 nitrogen and oxygen atoms in total. The minimum atomic E-state index is -0.473. The molecular weight excluding hydrogens is 282 g/mol. The molecule has 0 aliphatic heterocycles. The molecule has 0 saturated carbocycles. The van der Waals surface area contributed by atoms with Crippen LogP contribution < -0.4 is 5.32 Å². The first kappa shape index (κ1) is 15.0. The number of thiazole rings is 1. The van der Waals surface area contributed by atoms with Gasteiger partial charge < -0.3 is 10.1 Å². The number of hydrogen-bond acceptors (Lipinski definition) is 4. The minimum absolute atomic E-state index is 0.260. The van der Waals surface area contributed by atoms with E-state index < -0.39 is 17.7 Å². The number of aromatic nitrogens is 1. The maximum absolute atomic E-state index is 14.0. The Bertz CT molecular complexity index is 574. The van der Waals surface area contributed by atoms with Crippen LogP contribution in [-0.2, 0) is 4.74 Å². The summed E-state index contributed by atoms with van der Waals surface area (Å²) in [5.74, 6) is -0.914. The lowest BCUT2D eigenvalue weighted by atomic mass is 10.1. The fourth-order valence-corrected chi connectivity index (χ4v) is 2.76. The Morgan fingerprint density at radius 2 is 2.20 bits per heavy atom. The van der Waals surface area contributed by atoms with Crippen LogP contribution in [0.25, 0.3) is 0 Å². The Labute approximate surface area is 120 Å². The molecule has 1 aromatic carbocycles. The third-order valence-electron chi connectivity index (χ3n) is 2.81. The number of ether oxygens (including phenoxy) is 1. The number of benzene rings is 1. The van der Waals surface area contributed by atoms with Gasteiger partial charge in [0, 0.05) is 30.3 Å². The number of rotatable bonds is 6. The second-order valence-corrected chi connectivity index (χ2v) is 5.26. The van der Waals surface area contributed by atoms with E-state index in [0.717, 1.165) is 17.8 Å². The molecule has 0 radical (unpaired) electrons. The maximum atomic E-state index is 14.0. The summed E-state index contributed by atoms with van der Waals surface area (Å²) in [6, 6.07) is 2.98. The SMILES string of the molecule is COCCNC(c1nc(C)cs1)c1cc(F)ccc1F. The van der Waals surface area contributed by atoms with Crippen molar-refractivity contribution in [3.05, 3.63) is 51.5 Å². The van der Waals surface area contributed by atoms with Crippen LogP contribution in [0.15, 0.2) is 23.6 Å². The fraction of sp³-hybridized carbons (Fsp3) is 0.357. The molecule has 108 valence electrons. The molecule has 0 aliphatic rings. The number of nitrogens with zero attached hydrogens (tertiary/aromatic N) is 1. The fourth-order valence-electron chi connectivity index (χ4n) is 1.88. The standard InChI is InChI=1S/C14H16F2N2OS/c1-9-8-20-14(18-9)13(17-5-6-19-2)11-7-10(15)3-4-12(11)16/h3-4,7-8,13,17H,5-6H2,1-2H3. The van der Waals surface area contributed by atoms with Gasteiger partial charge in [0.05, 0.1) is 12.6 Å². The summed E-state index contributed by atoms with van der Waals surface area (Å²) in [6.45, 7) is 2.88. The minimum Gasteiger partial charge on any atom is -0.383 e. The Balaban J connectivity index is 2.32. The molecule has 1 aromatic heterocycles. The lowest BCUT2D eigenvalue weighted by Crippen LogP contribution is -2.26. The molecule has 1 unspecified atom stereocenters. The third-order valence-corrected chi connectivity index (χ3v) is 3.83. The van der Waals surface area contributed by atoms with Crippen LogP contribution in [0.2, 0.25) is 0 Å². The average Bonchev–Trinajstić information content (AvgIpc) is 2.84. The lowest BCUT2D eigenvalue weighted by Gasteiger charge is -2.17. The third kappa shape index (κ3) is 3.59. The van der Waals surface area contributed by atoms with Gasteiger partial charge in [-0.3, -0.25) is 0 Å². The molecule has 0 aliphatic carbocycles. The van der Waals surface area contributed by atoms with Crippen molar-refractivity contribution in [3.8, 4) is 0 Å². The van der Waals surface area contributed by atoms with Gasteiger partial charge in [-0.25, -0.2) is 13.8 Å². The van der Waals surface area contributed by atoms with Crippen molar-refractivity contribution in [2.75, 3.05) is 20.3 Å². The van der Waals surface area contributed by atoms with Crippen molar-refractivity contribution < 1.29 is 13.5 Å². The number of hydrogen-bond donors (Lipinski definition) is 1. The molecule has 0 saturated heterocycles. The second kappa shape index (κ2) is 6.88. The van der Waals surface area contributed by atoms with Crippen LogP contribution in [0.1, 0.15) is 22.3 Å². The highest BCUT2D eigenvalue weighted by atomic mass is 32.1. The molecule has 1 atom stereocenters. The van der Waals surface area contributed by atoms with Crippen molar-refractivity contribution in [2.45, 2.75) is 13.0 Å². The van der Waals surface area contributed by atoms with Gasteiger partial charge in [-0.15, -0.1) is 11.3 Å². The van der Waals surface area contributed by atoms with Crippen LogP contribution in [0, 0.1) is 18.6 Å². The quantitative estimate of drug-likeness (QED) is 0.832. The summed E-state index contributed by atoms with van der Waals surface area (Å²) < 4.78 is 32.3. The monoisotopic (exact) mass is 298 g/mol. The molecule has 1 N–H and O–H groups in total. The topological polar surface area (TPSA) is 34.1 Å². The van der Waals surface area contributed by atoms with Crippen LogP contribution in [0.4, 0.5) is 8.78 Å². The van der Waals surface area contributed by atoms with Crippen molar-refractivity contribution >= 4 is 11.3 Å². The van der Waals surface area contributed by atoms with Crippen LogP contribution >= 0.6 is 11.3 Å². The Morgan fingerprint density at radius 3 is 2.85 bits per heavy atom. The molecule has 20 heavy (non-hydrogen) atoms. The van der Waals surface area contributed by atoms with E-state index in [9.17, 15) is 8.78 Å². The molecule has 0 fully saturated rings. The summed E-state index contributed by atoms with van der Waals surface area (Å²) in [6.07, 6.45) is 0. The Morgan fingerprint density at radius 1 is 1.40 bits per heavy atom. The maximum Gasteiger partial charge on any atom is 0.128 e. The van der Waals surface area contributed by atoms with E-state index in [2.05, 4.69) is 10.3 Å². The summed E-state index contributed by atoms with van der Waals surface area (Å²) in [5, 5.41) is 5.75. The highest BCUT2D eigenvalue weighted by molar-refractivity contribution is 7.09. The normalized spacial score (nSPS) is 12.6. The van der Waals surface area contributed by atoms with Crippen molar-refractivity contribution in [1.82, 2.24) is 10.3 Å². The summed E-state index contributed by atoms with van der Waals surface area (Å²) in [4.78, 5) is 4.36. The molecule has 2 aromatic rings. The van der Waals surface area contributed by atoms with E-state index in [1.165, 1.54) is 17.4 Å². The zero-order valence-corrected chi connectivity index (χ0v) is 12.1. The van der Waals surface area contributed by atoms with Crippen LogP contribution in [-0.4, -0.2) is 25.2 Å². The molecule has 0 bridgehead atoms. The van der Waals surface area contributed by atoms with E-state index in [1.54, 1.807) is 7.11 Å². The van der Waals surface area contributed by atoms with Gasteiger partial charge in [-0.2, -0.15) is 0 Å². The van der Waals surface area contributed by atoms with Gasteiger partial charge in [0.15, 0.2) is 0 Å². The first-order valence-electron chi connectivity index (χ1n) is 6.21. The van der Waals surface area contributed by atoms with Crippen molar-refractivity contribution in [2.24, 2.45) is 0 Å². The number of aryl methyl sites for hydroxylation is 1. The molecule has 1 heterocycles. The van der Waals surface area contributed by atoms with Crippen LogP contribution in [0.3, 0.4) is 0 Å². The van der Waals surface area contributed by atoms with Gasteiger partial charge in [0.2, 0.25) is 0 Å². The van der Waals surface area contributed by atoms with E-state index in [1.807, 2.05) is 12.3 Å². The van der Waals surface area contributed by atoms with Gasteiger partial charge in [-0.05, 0) is 25.1 Å². The van der Waals surface area contributed by atoms with Gasteiger partial charge in [0.1, 0.15) is 16.6 Å². The van der Waals surface area contributed by atoms with Gasteiger partial charge in [-0.1, -0.05) is 0 Å². The largest absolute Gasteiger partial charge is 0.383 e. The smallest absolute Gasteiger partial charge is 0.128 e. The Hall–Kier alpha value is -1.37. The van der Waals surface area contributed by atoms with E-state index >= 15 is 0 Å². The molecule has 0 amide bonds. The predicted octanol–water partition coefficient (Wildman–Crippen LogP) is 3.06. The average molecular weight is 298 g/mol. The number of nitrogens with one attached hydrogen (secondary N) is 1. The highest BCUT2D eigenvalue weighted by Crippen LogP contribution is 2.27. The van der Waals surface area contributed by atoms with Crippen molar-refractivity contribution in [3.63, 3.8) is 0 Å². The lowest BCUT2D eigenvalue weighted by molar-refractivity contribution is 0.197. The van der Waals surface area contributed by atoms with E-state index in [4.69, 9.17) is 4.74 Å². The van der Waals surface area contributed by atoms with Crippen molar-refractivity contribution in [1.29, 1.82) is 0 Å². The zero-order chi connectivity index (χ0) is 14.5. The molecule has 6 heteroatoms. The molecular formula is C14H16F2N2OS. The first-order valence-corrected chi connectivity index (χ1v) is 7.09. The summed E-state index contributed by atoms with van der Waals surface area (Å²) in [7, 11) is 1.59. The van der Waals surface area contributed by atoms with Gasteiger partial charge in [0.25, 0.3) is 0 Å². The molecule has 0 spiro atoms. The summed E-state index contributed by atoms with van der Waals surface area (Å²) in [5.41, 5.74) is 1.12. The summed E-state index contributed by atoms with van der Waals surface area (Å²) >= 11 is 1.42. The molecule has 2 rings (SSSR count). The first-order chi connectivity index (χ1) is 9.61. The second-order valence-electron chi connectivity index (χ2n) is 4.37. The van der Waals surface area contributed by atoms with Crippen LogP contribution in [0.5, 0.6) is 0 Å². The zero-order valence-electron chi connectivity index (χ0n) is 11.3. The van der Waals surface area contributed by atoms with Gasteiger partial charge >= 0.3 is 0 Å². The number of halogens is 2. The van der Waals surface area contributed by atoms with E-state index in [0.29, 0.717) is 18.2 Å². The predicted molar refractivity (Wildman–Crippen MR) is 74.9 cm³/mol. The van der Waals surface area contributed by atoms with E-state index in [-0.39, 0.29) is 5.56 Å². The number of methoxy groups -OCH3 is 1. The Kier molecular flexibility index (Phi) is 5.17. The highest BCUT2D eigenvalue weighted by Gasteiger charge is 2.21.